The highest BCUT2D eigenvalue weighted by molar-refractivity contribution is 6.06. The van der Waals surface area contributed by atoms with Crippen LogP contribution in [0, 0.1) is 0 Å². The van der Waals surface area contributed by atoms with Crippen molar-refractivity contribution in [2.75, 3.05) is 62.1 Å². The van der Waals surface area contributed by atoms with Gasteiger partial charge in [0, 0.05) is 76.5 Å². The maximum absolute atomic E-state index is 14.3. The van der Waals surface area contributed by atoms with E-state index in [1.165, 1.54) is 18.1 Å². The zero-order valence-electron chi connectivity index (χ0n) is 37.1. The lowest BCUT2D eigenvalue weighted by Crippen LogP contribution is -2.57. The Balaban J connectivity index is 0.981. The van der Waals surface area contributed by atoms with Crippen molar-refractivity contribution in [3.63, 3.8) is 0 Å². The minimum atomic E-state index is -0.902. The van der Waals surface area contributed by atoms with E-state index in [0.29, 0.717) is 68.3 Å². The summed E-state index contributed by atoms with van der Waals surface area (Å²) in [6, 6.07) is 13.4. The van der Waals surface area contributed by atoms with E-state index in [2.05, 4.69) is 22.5 Å². The number of hydrogen-bond donors (Lipinski definition) is 4. The minimum absolute atomic E-state index is 0.0504. The van der Waals surface area contributed by atoms with Crippen molar-refractivity contribution in [1.82, 2.24) is 19.4 Å². The number of hydrogen-bond acceptors (Lipinski definition) is 11. The molecule has 346 valence electrons. The number of nitrogens with two attached hydrogens (primary N) is 1. The lowest BCUT2D eigenvalue weighted by atomic mass is 10.00. The molecule has 2 unspecified atom stereocenters. The summed E-state index contributed by atoms with van der Waals surface area (Å²) < 4.78 is 33.4. The first kappa shape index (κ1) is 46.4. The molecule has 5 N–H and O–H groups in total. The molecule has 0 saturated carbocycles. The van der Waals surface area contributed by atoms with Crippen LogP contribution in [-0.2, 0) is 33.1 Å². The second-order valence-corrected chi connectivity index (χ2v) is 16.2. The summed E-state index contributed by atoms with van der Waals surface area (Å²) in [7, 11) is 4.98. The van der Waals surface area contributed by atoms with Gasteiger partial charge in [0.05, 0.1) is 36.7 Å². The standard InChI is InChI=1S/C47H58N8O10/c1-5-21-64-47(60)55-36-27-40(39(61-4)26-34(36)45(59)54-20-8-6-11-35(54)46(55)65-42-13-7-9-22-63-42)62-23-10-12-41(56)50-33-25-38(53(3)29-33)44(58)51-32-16-14-30(15-17-32)31-24-37(52(2)28-31)43(57)49-19-18-48/h5,14-17,24-29,35,42,46H,1,6-13,18-23,48H2,2-4H3,(H,49,57)(H,50,56)(H,51,58)/t35-,42?,46?/m0/s1. The number of piperidine rings is 1. The zero-order chi connectivity index (χ0) is 46.0. The van der Waals surface area contributed by atoms with E-state index in [0.717, 1.165) is 36.8 Å². The summed E-state index contributed by atoms with van der Waals surface area (Å²) in [4.78, 5) is 70.3. The van der Waals surface area contributed by atoms with Gasteiger partial charge in [-0.15, -0.1) is 0 Å². The van der Waals surface area contributed by atoms with Crippen molar-refractivity contribution < 1.29 is 47.7 Å². The van der Waals surface area contributed by atoms with Crippen molar-refractivity contribution in [2.45, 2.75) is 69.9 Å². The molecule has 5 heterocycles. The first-order valence-electron chi connectivity index (χ1n) is 22.0. The summed E-state index contributed by atoms with van der Waals surface area (Å²) in [6.07, 6.45) is 7.97. The Hall–Kier alpha value is -6.63. The van der Waals surface area contributed by atoms with E-state index in [1.807, 2.05) is 18.3 Å². The number of nitrogens with zero attached hydrogens (tertiary/aromatic N) is 4. The van der Waals surface area contributed by atoms with Gasteiger partial charge >= 0.3 is 6.09 Å². The number of methoxy groups -OCH3 is 1. The van der Waals surface area contributed by atoms with Crippen LogP contribution in [0.15, 0.2) is 73.6 Å². The molecule has 2 aromatic carbocycles. The molecular formula is C47H58N8O10. The Morgan fingerprint density at radius 3 is 2.40 bits per heavy atom. The van der Waals surface area contributed by atoms with Gasteiger partial charge in [-0.2, -0.15) is 0 Å². The predicted octanol–water partition coefficient (Wildman–Crippen LogP) is 5.78. The summed E-state index contributed by atoms with van der Waals surface area (Å²) in [5.74, 6) is -0.583. The van der Waals surface area contributed by atoms with Crippen LogP contribution in [-0.4, -0.2) is 109 Å². The normalized spacial score (nSPS) is 18.2. The van der Waals surface area contributed by atoms with E-state index in [1.54, 1.807) is 70.7 Å². The zero-order valence-corrected chi connectivity index (χ0v) is 37.1. The van der Waals surface area contributed by atoms with Gasteiger partial charge < -0.3 is 59.4 Å². The average Bonchev–Trinajstić information content (AvgIpc) is 3.87. The number of benzene rings is 2. The fourth-order valence-electron chi connectivity index (χ4n) is 8.35. The van der Waals surface area contributed by atoms with Crippen LogP contribution >= 0.6 is 0 Å². The smallest absolute Gasteiger partial charge is 0.416 e. The van der Waals surface area contributed by atoms with Gasteiger partial charge in [0.25, 0.3) is 17.7 Å². The number of anilines is 3. The fraction of sp³-hybridized carbons (Fsp3) is 0.426. The van der Waals surface area contributed by atoms with Crippen molar-refractivity contribution in [2.24, 2.45) is 19.8 Å². The van der Waals surface area contributed by atoms with Gasteiger partial charge in [-0.25, -0.2) is 9.69 Å². The number of aromatic nitrogens is 2. The second kappa shape index (κ2) is 21.4. The van der Waals surface area contributed by atoms with Crippen LogP contribution in [0.5, 0.6) is 11.5 Å². The SMILES string of the molecule is C=CCOC(=O)N1c2cc(OCCCC(=O)Nc3cc(C(=O)Nc4ccc(-c5cc(C(=O)NCCN)n(C)c5)cc4)n(C)c3)c(OC)cc2C(=O)N2CCCC[C@H]2C1OC1CCCCO1. The third kappa shape index (κ3) is 10.8. The van der Waals surface area contributed by atoms with Gasteiger partial charge in [-0.3, -0.25) is 19.2 Å². The van der Waals surface area contributed by atoms with Crippen LogP contribution in [0.1, 0.15) is 82.7 Å². The van der Waals surface area contributed by atoms with Crippen molar-refractivity contribution >= 4 is 46.8 Å². The molecule has 2 aromatic heterocycles. The van der Waals surface area contributed by atoms with Crippen molar-refractivity contribution in [3.8, 4) is 22.6 Å². The van der Waals surface area contributed by atoms with Gasteiger partial charge in [0.15, 0.2) is 24.0 Å². The molecule has 3 aliphatic heterocycles. The first-order chi connectivity index (χ1) is 31.5. The number of fused-ring (bicyclic) bond motifs is 2. The van der Waals surface area contributed by atoms with Gasteiger partial charge in [0.2, 0.25) is 5.91 Å². The monoisotopic (exact) mass is 894 g/mol. The molecule has 2 fully saturated rings. The Kier molecular flexibility index (Phi) is 15.2. The molecule has 0 bridgehead atoms. The van der Waals surface area contributed by atoms with Crippen molar-refractivity contribution in [3.05, 3.63) is 90.5 Å². The van der Waals surface area contributed by atoms with E-state index >= 15 is 0 Å². The molecular weight excluding hydrogens is 837 g/mol. The third-order valence-electron chi connectivity index (χ3n) is 11.6. The summed E-state index contributed by atoms with van der Waals surface area (Å²) in [5.41, 5.74) is 9.57. The van der Waals surface area contributed by atoms with E-state index in [-0.39, 0.29) is 66.0 Å². The molecule has 65 heavy (non-hydrogen) atoms. The van der Waals surface area contributed by atoms with Gasteiger partial charge in [-0.05, 0) is 80.8 Å². The van der Waals surface area contributed by atoms with Crippen molar-refractivity contribution in [1.29, 1.82) is 0 Å². The lowest BCUT2D eigenvalue weighted by Gasteiger charge is -2.42. The van der Waals surface area contributed by atoms with Crippen LogP contribution in [0.2, 0.25) is 0 Å². The molecule has 18 heteroatoms. The van der Waals surface area contributed by atoms with E-state index < -0.39 is 24.7 Å². The number of nitrogens with one attached hydrogen (secondary N) is 3. The highest BCUT2D eigenvalue weighted by Crippen LogP contribution is 2.42. The van der Waals surface area contributed by atoms with E-state index in [9.17, 15) is 24.0 Å². The first-order valence-corrected chi connectivity index (χ1v) is 22.0. The number of carbonyl (C=O) groups excluding carboxylic acids is 5. The molecule has 18 nitrogen and oxygen atoms in total. The Morgan fingerprint density at radius 2 is 1.66 bits per heavy atom. The number of ether oxygens (including phenoxy) is 5. The molecule has 0 radical (unpaired) electrons. The summed E-state index contributed by atoms with van der Waals surface area (Å²) >= 11 is 0. The molecule has 0 spiro atoms. The average molecular weight is 895 g/mol. The Morgan fingerprint density at radius 1 is 0.892 bits per heavy atom. The molecule has 2 saturated heterocycles. The topological polar surface area (TPSA) is 210 Å². The predicted molar refractivity (Wildman–Crippen MR) is 243 cm³/mol. The Bertz CT molecular complexity index is 2370. The van der Waals surface area contributed by atoms with E-state index in [4.69, 9.17) is 29.4 Å². The molecule has 4 aromatic rings. The highest BCUT2D eigenvalue weighted by Gasteiger charge is 2.47. The molecule has 0 aliphatic carbocycles. The summed E-state index contributed by atoms with van der Waals surface area (Å²) in [5, 5.41) is 8.53. The number of amides is 5. The largest absolute Gasteiger partial charge is 0.493 e. The fourth-order valence-corrected chi connectivity index (χ4v) is 8.35. The van der Waals surface area contributed by atoms with Crippen LogP contribution < -0.4 is 36.1 Å². The summed E-state index contributed by atoms with van der Waals surface area (Å²) in [6.45, 7) is 5.50. The number of carbonyl (C=O) groups is 5. The van der Waals surface area contributed by atoms with Crippen LogP contribution in [0.3, 0.4) is 0 Å². The molecule has 3 aliphatic rings. The van der Waals surface area contributed by atoms with Crippen LogP contribution in [0.25, 0.3) is 11.1 Å². The minimum Gasteiger partial charge on any atom is -0.493 e. The maximum Gasteiger partial charge on any atom is 0.416 e. The van der Waals surface area contributed by atoms with Gasteiger partial charge in [0.1, 0.15) is 18.0 Å². The molecule has 3 atom stereocenters. The number of rotatable bonds is 17. The lowest BCUT2D eigenvalue weighted by molar-refractivity contribution is -0.198. The molecule has 5 amide bonds. The third-order valence-corrected chi connectivity index (χ3v) is 11.6. The highest BCUT2D eigenvalue weighted by atomic mass is 16.7. The van der Waals surface area contributed by atoms with Gasteiger partial charge in [-0.1, -0.05) is 24.8 Å². The quantitative estimate of drug-likeness (QED) is 0.0737. The maximum atomic E-state index is 14.3. The molecule has 7 rings (SSSR count). The Labute approximate surface area is 377 Å². The second-order valence-electron chi connectivity index (χ2n) is 16.2. The number of aryl methyl sites for hydroxylation is 2. The van der Waals surface area contributed by atoms with Crippen LogP contribution in [0.4, 0.5) is 21.9 Å².